The molecule has 0 heterocycles. The van der Waals surface area contributed by atoms with Crippen molar-refractivity contribution in [1.29, 1.82) is 0 Å². The van der Waals surface area contributed by atoms with Crippen LogP contribution in [0.5, 0.6) is 5.75 Å². The SMILES string of the molecule is Oc1cc(C(F)(F)F)cc(C(F)(F)F)c1CBr. The van der Waals surface area contributed by atoms with Gasteiger partial charge in [-0.05, 0) is 12.1 Å². The molecule has 8 heteroatoms. The average Bonchev–Trinajstić information content (AvgIpc) is 2.13. The molecule has 0 bridgehead atoms. The molecule has 0 saturated carbocycles. The van der Waals surface area contributed by atoms with Crippen molar-refractivity contribution in [1.82, 2.24) is 0 Å². The molecule has 0 aromatic heterocycles. The molecule has 0 unspecified atom stereocenters. The standard InChI is InChI=1S/C9H5BrF6O/c10-3-5-6(9(14,15)16)1-4(2-7(5)17)8(11,12)13/h1-2,17H,3H2. The summed E-state index contributed by atoms with van der Waals surface area (Å²) < 4.78 is 74.3. The van der Waals surface area contributed by atoms with Crippen molar-refractivity contribution in [3.05, 3.63) is 28.8 Å². The highest BCUT2D eigenvalue weighted by Crippen LogP contribution is 2.41. The lowest BCUT2D eigenvalue weighted by molar-refractivity contribution is -0.143. The summed E-state index contributed by atoms with van der Waals surface area (Å²) in [5.41, 5.74) is -3.65. The fourth-order valence-electron chi connectivity index (χ4n) is 1.21. The Bertz CT molecular complexity index is 423. The minimum atomic E-state index is -4.96. The highest BCUT2D eigenvalue weighted by Gasteiger charge is 2.39. The van der Waals surface area contributed by atoms with Crippen molar-refractivity contribution in [2.75, 3.05) is 0 Å². The summed E-state index contributed by atoms with van der Waals surface area (Å²) in [6, 6.07) is 0.252. The van der Waals surface area contributed by atoms with Crippen LogP contribution in [0.15, 0.2) is 12.1 Å². The minimum Gasteiger partial charge on any atom is -0.508 e. The number of hydrogen-bond acceptors (Lipinski definition) is 1. The Morgan fingerprint density at radius 3 is 1.88 bits per heavy atom. The fourth-order valence-corrected chi connectivity index (χ4v) is 1.80. The molecule has 1 rings (SSSR count). The molecule has 0 amide bonds. The molecular formula is C9H5BrF6O. The molecule has 0 saturated heterocycles. The summed E-state index contributed by atoms with van der Waals surface area (Å²) in [5.74, 6) is -1.04. The Morgan fingerprint density at radius 1 is 1.00 bits per heavy atom. The van der Waals surface area contributed by atoms with Crippen molar-refractivity contribution in [3.63, 3.8) is 0 Å². The molecule has 17 heavy (non-hydrogen) atoms. The van der Waals surface area contributed by atoms with E-state index in [-0.39, 0.29) is 12.1 Å². The van der Waals surface area contributed by atoms with E-state index in [9.17, 15) is 26.3 Å². The molecule has 0 aliphatic heterocycles. The van der Waals surface area contributed by atoms with Crippen LogP contribution in [0, 0.1) is 0 Å². The zero-order valence-electron chi connectivity index (χ0n) is 7.95. The second-order valence-electron chi connectivity index (χ2n) is 3.15. The summed E-state index contributed by atoms with van der Waals surface area (Å²) >= 11 is 2.69. The Kier molecular flexibility index (Phi) is 3.66. The van der Waals surface area contributed by atoms with Gasteiger partial charge in [0.2, 0.25) is 0 Å². The van der Waals surface area contributed by atoms with Crippen LogP contribution >= 0.6 is 15.9 Å². The maximum absolute atomic E-state index is 12.5. The molecule has 0 atom stereocenters. The highest BCUT2D eigenvalue weighted by molar-refractivity contribution is 9.08. The number of alkyl halides is 7. The first kappa shape index (κ1) is 14.1. The zero-order valence-corrected chi connectivity index (χ0v) is 9.54. The van der Waals surface area contributed by atoms with Crippen molar-refractivity contribution in [2.45, 2.75) is 17.7 Å². The van der Waals surface area contributed by atoms with Gasteiger partial charge in [-0.15, -0.1) is 0 Å². The number of aromatic hydroxyl groups is 1. The molecule has 1 aromatic rings. The molecule has 1 N–H and O–H groups in total. The van der Waals surface area contributed by atoms with Gasteiger partial charge in [-0.2, -0.15) is 26.3 Å². The third-order valence-corrected chi connectivity index (χ3v) is 2.55. The second kappa shape index (κ2) is 4.40. The number of halogens is 7. The number of phenols is 1. The van der Waals surface area contributed by atoms with Crippen molar-refractivity contribution in [3.8, 4) is 5.75 Å². The van der Waals surface area contributed by atoms with Crippen LogP contribution in [0.4, 0.5) is 26.3 Å². The third kappa shape index (κ3) is 3.05. The minimum absolute atomic E-state index is 0.0175. The first-order chi connectivity index (χ1) is 7.57. The molecule has 0 aliphatic carbocycles. The van der Waals surface area contributed by atoms with Crippen LogP contribution in [0.2, 0.25) is 0 Å². The Labute approximate surface area is 100 Å². The van der Waals surface area contributed by atoms with Gasteiger partial charge in [-0.3, -0.25) is 0 Å². The van der Waals surface area contributed by atoms with E-state index in [1.165, 1.54) is 0 Å². The van der Waals surface area contributed by atoms with Crippen LogP contribution in [0.1, 0.15) is 16.7 Å². The van der Waals surface area contributed by atoms with Gasteiger partial charge < -0.3 is 5.11 Å². The average molecular weight is 323 g/mol. The monoisotopic (exact) mass is 322 g/mol. The summed E-state index contributed by atoms with van der Waals surface area (Å²) in [6.07, 6.45) is -9.90. The van der Waals surface area contributed by atoms with Gasteiger partial charge in [0.15, 0.2) is 0 Å². The van der Waals surface area contributed by atoms with E-state index in [1.54, 1.807) is 0 Å². The first-order valence-electron chi connectivity index (χ1n) is 4.13. The molecule has 0 spiro atoms. The predicted molar refractivity (Wildman–Crippen MR) is 50.7 cm³/mol. The van der Waals surface area contributed by atoms with Gasteiger partial charge in [0.05, 0.1) is 11.1 Å². The van der Waals surface area contributed by atoms with E-state index in [0.717, 1.165) is 0 Å². The normalized spacial score (nSPS) is 12.9. The molecule has 96 valence electrons. The molecule has 0 aliphatic rings. The number of hydrogen-bond donors (Lipinski definition) is 1. The van der Waals surface area contributed by atoms with Gasteiger partial charge in [0, 0.05) is 10.9 Å². The maximum atomic E-state index is 12.5. The van der Waals surface area contributed by atoms with E-state index in [2.05, 4.69) is 15.9 Å². The Hall–Kier alpha value is -0.920. The predicted octanol–water partition coefficient (Wildman–Crippen LogP) is 4.32. The summed E-state index contributed by atoms with van der Waals surface area (Å²) in [6.45, 7) is 0. The van der Waals surface area contributed by atoms with Crippen molar-refractivity contribution >= 4 is 15.9 Å². The molecule has 1 aromatic carbocycles. The van der Waals surface area contributed by atoms with Crippen molar-refractivity contribution < 1.29 is 31.4 Å². The maximum Gasteiger partial charge on any atom is 0.416 e. The Balaban J connectivity index is 3.51. The fraction of sp³-hybridized carbons (Fsp3) is 0.333. The van der Waals surface area contributed by atoms with E-state index < -0.39 is 40.1 Å². The zero-order chi connectivity index (χ0) is 13.4. The van der Waals surface area contributed by atoms with E-state index in [0.29, 0.717) is 0 Å². The van der Waals surface area contributed by atoms with Gasteiger partial charge in [0.25, 0.3) is 0 Å². The van der Waals surface area contributed by atoms with Crippen LogP contribution in [0.25, 0.3) is 0 Å². The number of benzene rings is 1. The molecular weight excluding hydrogens is 318 g/mol. The van der Waals surface area contributed by atoms with Crippen LogP contribution < -0.4 is 0 Å². The topological polar surface area (TPSA) is 20.2 Å². The summed E-state index contributed by atoms with van der Waals surface area (Å²) in [7, 11) is 0. The highest BCUT2D eigenvalue weighted by atomic mass is 79.9. The largest absolute Gasteiger partial charge is 0.508 e. The first-order valence-corrected chi connectivity index (χ1v) is 5.25. The van der Waals surface area contributed by atoms with E-state index in [4.69, 9.17) is 5.11 Å². The van der Waals surface area contributed by atoms with Crippen LogP contribution in [0.3, 0.4) is 0 Å². The van der Waals surface area contributed by atoms with Crippen LogP contribution in [-0.4, -0.2) is 5.11 Å². The van der Waals surface area contributed by atoms with Gasteiger partial charge in [-0.1, -0.05) is 15.9 Å². The number of phenolic OH excluding ortho intramolecular Hbond substituents is 1. The molecule has 0 fully saturated rings. The number of rotatable bonds is 1. The smallest absolute Gasteiger partial charge is 0.416 e. The van der Waals surface area contributed by atoms with Crippen molar-refractivity contribution in [2.24, 2.45) is 0 Å². The lowest BCUT2D eigenvalue weighted by Crippen LogP contribution is -2.13. The summed E-state index contributed by atoms with van der Waals surface area (Å²) in [5, 5.41) is 8.77. The quantitative estimate of drug-likeness (QED) is 0.603. The van der Waals surface area contributed by atoms with E-state index in [1.807, 2.05) is 0 Å². The second-order valence-corrected chi connectivity index (χ2v) is 3.71. The van der Waals surface area contributed by atoms with E-state index >= 15 is 0 Å². The van der Waals surface area contributed by atoms with Crippen LogP contribution in [-0.2, 0) is 17.7 Å². The van der Waals surface area contributed by atoms with Gasteiger partial charge in [0.1, 0.15) is 5.75 Å². The van der Waals surface area contributed by atoms with Gasteiger partial charge >= 0.3 is 12.4 Å². The van der Waals surface area contributed by atoms with Gasteiger partial charge in [-0.25, -0.2) is 0 Å². The lowest BCUT2D eigenvalue weighted by atomic mass is 10.0. The lowest BCUT2D eigenvalue weighted by Gasteiger charge is -2.16. The molecule has 1 nitrogen and oxygen atoms in total. The Morgan fingerprint density at radius 2 is 1.53 bits per heavy atom. The third-order valence-electron chi connectivity index (χ3n) is 1.99. The molecule has 0 radical (unpaired) electrons. The summed E-state index contributed by atoms with van der Waals surface area (Å²) in [4.78, 5) is 0.